The van der Waals surface area contributed by atoms with E-state index in [1.807, 2.05) is 0 Å². The minimum absolute atomic E-state index is 0.0603. The van der Waals surface area contributed by atoms with Crippen LogP contribution in [0.5, 0.6) is 5.88 Å². The van der Waals surface area contributed by atoms with Crippen LogP contribution >= 0.6 is 0 Å². The Morgan fingerprint density at radius 2 is 1.82 bits per heavy atom. The van der Waals surface area contributed by atoms with E-state index in [2.05, 4.69) is 4.98 Å². The fraction of sp³-hybridized carbons (Fsp3) is 0.130. The van der Waals surface area contributed by atoms with Crippen molar-refractivity contribution in [3.63, 3.8) is 0 Å². The minimum atomic E-state index is -5.93. The second-order valence-electron chi connectivity index (χ2n) is 7.34. The molecule has 0 aliphatic heterocycles. The van der Waals surface area contributed by atoms with Crippen molar-refractivity contribution in [2.45, 2.75) is 12.4 Å². The Balaban J connectivity index is 2.04. The molecule has 34 heavy (non-hydrogen) atoms. The highest BCUT2D eigenvalue weighted by atomic mass is 32.2. The molecule has 0 atom stereocenters. The summed E-state index contributed by atoms with van der Waals surface area (Å²) in [4.78, 5) is 4.13. The molecule has 0 aliphatic carbocycles. The summed E-state index contributed by atoms with van der Waals surface area (Å²) in [5, 5.41) is 9.23. The lowest BCUT2D eigenvalue weighted by molar-refractivity contribution is -0.0444. The Kier molecular flexibility index (Phi) is 5.57. The smallest absolute Gasteiger partial charge is 0.481 e. The molecule has 0 radical (unpaired) electrons. The number of aromatic nitrogens is 2. The van der Waals surface area contributed by atoms with E-state index < -0.39 is 38.2 Å². The highest BCUT2D eigenvalue weighted by Gasteiger charge is 2.49. The van der Waals surface area contributed by atoms with E-state index in [0.29, 0.717) is 17.0 Å². The molecule has 4 rings (SSSR count). The highest BCUT2D eigenvalue weighted by Crippen LogP contribution is 2.38. The van der Waals surface area contributed by atoms with E-state index in [9.17, 15) is 26.0 Å². The van der Waals surface area contributed by atoms with Gasteiger partial charge in [-0.25, -0.2) is 13.3 Å². The molecule has 0 N–H and O–H groups in total. The second-order valence-corrected chi connectivity index (χ2v) is 9.12. The maximum atomic E-state index is 14.9. The first-order chi connectivity index (χ1) is 16.0. The van der Waals surface area contributed by atoms with Crippen LogP contribution in [0.1, 0.15) is 11.1 Å². The minimum Gasteiger partial charge on any atom is -0.481 e. The summed E-state index contributed by atoms with van der Waals surface area (Å²) in [5.74, 6) is -0.748. The maximum absolute atomic E-state index is 14.9. The van der Waals surface area contributed by atoms with Gasteiger partial charge in [-0.15, -0.1) is 0 Å². The first kappa shape index (κ1) is 23.3. The third-order valence-corrected chi connectivity index (χ3v) is 6.75. The summed E-state index contributed by atoms with van der Waals surface area (Å²) in [5.41, 5.74) is -5.41. The maximum Gasteiger partial charge on any atom is 0.517 e. The molecular formula is C23H15F4N3O3S. The average Bonchev–Trinajstić information content (AvgIpc) is 3.17. The number of halogens is 4. The van der Waals surface area contributed by atoms with Crippen molar-refractivity contribution in [1.29, 1.82) is 5.26 Å². The molecule has 0 amide bonds. The molecule has 0 aliphatic rings. The molecule has 11 heteroatoms. The summed E-state index contributed by atoms with van der Waals surface area (Å²) >= 11 is 0. The first-order valence-corrected chi connectivity index (χ1v) is 11.1. The van der Waals surface area contributed by atoms with Gasteiger partial charge in [-0.2, -0.15) is 26.9 Å². The Labute approximate surface area is 191 Å². The van der Waals surface area contributed by atoms with Crippen LogP contribution in [0.15, 0.2) is 54.7 Å². The van der Waals surface area contributed by atoms with Crippen LogP contribution in [-0.4, -0.2) is 30.0 Å². The predicted molar refractivity (Wildman–Crippen MR) is 117 cm³/mol. The number of methoxy groups -OCH3 is 1. The first-order valence-electron chi connectivity index (χ1n) is 9.67. The Morgan fingerprint density at radius 3 is 2.44 bits per heavy atom. The predicted octanol–water partition coefficient (Wildman–Crippen LogP) is 5.40. The number of hydrogen-bond donors (Lipinski definition) is 0. The fourth-order valence-electron chi connectivity index (χ4n) is 3.67. The van der Waals surface area contributed by atoms with Gasteiger partial charge >= 0.3 is 15.5 Å². The Morgan fingerprint density at radius 1 is 1.09 bits per heavy atom. The number of alkyl halides is 3. The number of rotatable bonds is 4. The summed E-state index contributed by atoms with van der Waals surface area (Å²) in [6.45, 7) is 1.79. The van der Waals surface area contributed by atoms with Gasteiger partial charge in [0.2, 0.25) is 5.88 Å². The zero-order valence-electron chi connectivity index (χ0n) is 17.7. The van der Waals surface area contributed by atoms with Crippen molar-refractivity contribution in [3.8, 4) is 34.3 Å². The van der Waals surface area contributed by atoms with E-state index in [-0.39, 0.29) is 14.9 Å². The molecule has 0 unspecified atom stereocenters. The van der Waals surface area contributed by atoms with Gasteiger partial charge in [0.05, 0.1) is 23.9 Å². The standard InChI is InChI=1S/C23H15F4N3O3S/c1-13-8-21(33-2)29-12-18(13)14-6-7-19-16(9-14)10-20(30(19)34(31,32)23(25,26)27)17-5-3-4-15(11-28)22(17)24/h3-10,12H,1-2H3. The van der Waals surface area contributed by atoms with Crippen molar-refractivity contribution in [1.82, 2.24) is 8.96 Å². The van der Waals surface area contributed by atoms with Crippen LogP contribution in [0.3, 0.4) is 0 Å². The number of nitrogens with zero attached hydrogens (tertiary/aromatic N) is 3. The Bertz CT molecular complexity index is 1590. The molecule has 0 spiro atoms. The number of aryl methyl sites for hydroxylation is 1. The van der Waals surface area contributed by atoms with Gasteiger partial charge in [0.15, 0.2) is 0 Å². The normalized spacial score (nSPS) is 12.0. The molecule has 0 saturated heterocycles. The lowest BCUT2D eigenvalue weighted by Crippen LogP contribution is -2.30. The van der Waals surface area contributed by atoms with Crippen LogP contribution in [-0.2, 0) is 10.0 Å². The summed E-state index contributed by atoms with van der Waals surface area (Å²) in [7, 11) is -4.47. The van der Waals surface area contributed by atoms with Gasteiger partial charge in [-0.05, 0) is 48.4 Å². The number of pyridine rings is 1. The topological polar surface area (TPSA) is 85.0 Å². The van der Waals surface area contributed by atoms with E-state index in [1.54, 1.807) is 19.1 Å². The van der Waals surface area contributed by atoms with Gasteiger partial charge < -0.3 is 4.74 Å². The molecule has 0 saturated carbocycles. The van der Waals surface area contributed by atoms with Gasteiger partial charge in [0, 0.05) is 28.8 Å². The van der Waals surface area contributed by atoms with Gasteiger partial charge in [-0.3, -0.25) is 0 Å². The number of ether oxygens (including phenoxy) is 1. The van der Waals surface area contributed by atoms with Crippen molar-refractivity contribution in [3.05, 3.63) is 71.7 Å². The van der Waals surface area contributed by atoms with E-state index in [1.165, 1.54) is 37.6 Å². The van der Waals surface area contributed by atoms with Crippen molar-refractivity contribution >= 4 is 20.9 Å². The van der Waals surface area contributed by atoms with E-state index in [4.69, 9.17) is 10.00 Å². The number of benzene rings is 2. The second kappa shape index (κ2) is 8.14. The van der Waals surface area contributed by atoms with Crippen molar-refractivity contribution in [2.24, 2.45) is 0 Å². The van der Waals surface area contributed by atoms with Crippen LogP contribution < -0.4 is 4.74 Å². The molecule has 2 aromatic carbocycles. The molecular weight excluding hydrogens is 474 g/mol. The van der Waals surface area contributed by atoms with Gasteiger partial charge in [0.25, 0.3) is 0 Å². The number of hydrogen-bond acceptors (Lipinski definition) is 5. The monoisotopic (exact) mass is 489 g/mol. The fourth-order valence-corrected chi connectivity index (χ4v) is 4.71. The summed E-state index contributed by atoms with van der Waals surface area (Å²) in [6.07, 6.45) is 1.52. The van der Waals surface area contributed by atoms with Crippen LogP contribution in [0.4, 0.5) is 17.6 Å². The molecule has 0 bridgehead atoms. The quantitative estimate of drug-likeness (QED) is 0.359. The summed E-state index contributed by atoms with van der Waals surface area (Å²) < 4.78 is 85.7. The van der Waals surface area contributed by atoms with Crippen LogP contribution in [0, 0.1) is 24.1 Å². The van der Waals surface area contributed by atoms with Crippen LogP contribution in [0.25, 0.3) is 33.3 Å². The highest BCUT2D eigenvalue weighted by molar-refractivity contribution is 7.91. The molecule has 6 nitrogen and oxygen atoms in total. The largest absolute Gasteiger partial charge is 0.517 e. The van der Waals surface area contributed by atoms with Crippen molar-refractivity contribution < 1.29 is 30.7 Å². The lowest BCUT2D eigenvalue weighted by Gasteiger charge is -2.15. The number of fused-ring (bicyclic) bond motifs is 1. The zero-order valence-corrected chi connectivity index (χ0v) is 18.5. The lowest BCUT2D eigenvalue weighted by atomic mass is 10.0. The van der Waals surface area contributed by atoms with Crippen LogP contribution in [0.2, 0.25) is 0 Å². The van der Waals surface area contributed by atoms with Gasteiger partial charge in [-0.1, -0.05) is 12.1 Å². The SMILES string of the molecule is COc1cc(C)c(-c2ccc3c(c2)cc(-c2cccc(C#N)c2F)n3S(=O)(=O)C(F)(F)F)cn1. The number of nitriles is 1. The van der Waals surface area contributed by atoms with Gasteiger partial charge in [0.1, 0.15) is 11.9 Å². The third-order valence-electron chi connectivity index (χ3n) is 5.29. The van der Waals surface area contributed by atoms with E-state index in [0.717, 1.165) is 23.8 Å². The average molecular weight is 489 g/mol. The molecule has 2 heterocycles. The molecule has 4 aromatic rings. The van der Waals surface area contributed by atoms with Crippen molar-refractivity contribution in [2.75, 3.05) is 7.11 Å². The third kappa shape index (κ3) is 3.66. The zero-order chi connectivity index (χ0) is 24.8. The molecule has 2 aromatic heterocycles. The van der Waals surface area contributed by atoms with E-state index >= 15 is 0 Å². The Hall–Kier alpha value is -3.91. The summed E-state index contributed by atoms with van der Waals surface area (Å²) in [6, 6.07) is 12.1. The molecule has 174 valence electrons. The molecule has 0 fully saturated rings.